The summed E-state index contributed by atoms with van der Waals surface area (Å²) in [6, 6.07) is 10.3. The van der Waals surface area contributed by atoms with E-state index in [1.165, 1.54) is 9.80 Å². The van der Waals surface area contributed by atoms with Crippen molar-refractivity contribution in [2.45, 2.75) is 18.7 Å². The van der Waals surface area contributed by atoms with E-state index in [4.69, 9.17) is 0 Å². The molecule has 0 fully saturated rings. The third-order valence-corrected chi connectivity index (χ3v) is 3.13. The molecule has 0 saturated carbocycles. The second-order valence-electron chi connectivity index (χ2n) is 2.56. The van der Waals surface area contributed by atoms with Crippen LogP contribution in [0.3, 0.4) is 0 Å². The van der Waals surface area contributed by atoms with Gasteiger partial charge < -0.3 is 0 Å². The number of allylic oxidation sites excluding steroid dienone is 2. The van der Waals surface area contributed by atoms with Gasteiger partial charge in [-0.25, -0.2) is 0 Å². The lowest BCUT2D eigenvalue weighted by Crippen LogP contribution is -1.72. The molecule has 64 valence electrons. The van der Waals surface area contributed by atoms with Gasteiger partial charge in [-0.1, -0.05) is 30.0 Å². The van der Waals surface area contributed by atoms with E-state index in [0.29, 0.717) is 0 Å². The molecule has 2 heteroatoms. The van der Waals surface area contributed by atoms with Gasteiger partial charge in [0.05, 0.1) is 0 Å². The highest BCUT2D eigenvalue weighted by Crippen LogP contribution is 2.28. The van der Waals surface area contributed by atoms with Crippen molar-refractivity contribution in [2.75, 3.05) is 0 Å². The van der Waals surface area contributed by atoms with Crippen LogP contribution in [0.1, 0.15) is 13.8 Å². The molecule has 0 aromatic heterocycles. The number of hydrogen-bond acceptors (Lipinski definition) is 2. The first-order valence-electron chi connectivity index (χ1n) is 3.79. The molecule has 0 spiro atoms. The van der Waals surface area contributed by atoms with E-state index in [-0.39, 0.29) is 0 Å². The molecule has 1 rings (SSSR count). The Morgan fingerprint density at radius 1 is 1.17 bits per heavy atom. The van der Waals surface area contributed by atoms with Gasteiger partial charge in [-0.15, -0.1) is 12.6 Å². The Balaban J connectivity index is 2.72. The number of rotatable bonds is 2. The Morgan fingerprint density at radius 3 is 2.25 bits per heavy atom. The summed E-state index contributed by atoms with van der Waals surface area (Å²) in [5, 5.41) is 0. The molecule has 1 aromatic carbocycles. The van der Waals surface area contributed by atoms with Gasteiger partial charge in [-0.05, 0) is 35.8 Å². The van der Waals surface area contributed by atoms with Crippen molar-refractivity contribution >= 4 is 24.4 Å². The van der Waals surface area contributed by atoms with E-state index >= 15 is 0 Å². The van der Waals surface area contributed by atoms with Crippen LogP contribution in [0.25, 0.3) is 0 Å². The van der Waals surface area contributed by atoms with Gasteiger partial charge in [-0.2, -0.15) is 0 Å². The summed E-state index contributed by atoms with van der Waals surface area (Å²) in [6.07, 6.45) is 0. The maximum absolute atomic E-state index is 4.28. The van der Waals surface area contributed by atoms with Crippen LogP contribution < -0.4 is 0 Å². The van der Waals surface area contributed by atoms with Crippen molar-refractivity contribution in [1.82, 2.24) is 0 Å². The van der Waals surface area contributed by atoms with Crippen molar-refractivity contribution < 1.29 is 0 Å². The maximum Gasteiger partial charge on any atom is 0.0119 e. The number of benzene rings is 1. The molecule has 0 aliphatic carbocycles. The number of thiol groups is 1. The zero-order valence-electron chi connectivity index (χ0n) is 7.24. The fraction of sp³-hybridized carbons (Fsp3) is 0.200. The molecule has 0 heterocycles. The Bertz CT molecular complexity index is 271. The van der Waals surface area contributed by atoms with E-state index in [1.54, 1.807) is 11.8 Å². The molecule has 0 aliphatic rings. The average Bonchev–Trinajstić information content (AvgIpc) is 2.06. The lowest BCUT2D eigenvalue weighted by molar-refractivity contribution is 1.45. The first kappa shape index (κ1) is 9.75. The first-order valence-corrected chi connectivity index (χ1v) is 5.06. The van der Waals surface area contributed by atoms with Crippen LogP contribution >= 0.6 is 24.4 Å². The molecule has 0 N–H and O–H groups in total. The van der Waals surface area contributed by atoms with Crippen LogP contribution in [-0.2, 0) is 0 Å². The van der Waals surface area contributed by atoms with E-state index in [0.717, 1.165) is 4.91 Å². The SMILES string of the molecule is C/C(S)=C(\C)Sc1ccccc1. The average molecular weight is 196 g/mol. The lowest BCUT2D eigenvalue weighted by atomic mass is 10.4. The predicted molar refractivity (Wildman–Crippen MR) is 59.7 cm³/mol. The molecule has 1 aromatic rings. The highest BCUT2D eigenvalue weighted by atomic mass is 32.2. The summed E-state index contributed by atoms with van der Waals surface area (Å²) in [5.74, 6) is 0. The topological polar surface area (TPSA) is 0 Å². The summed E-state index contributed by atoms with van der Waals surface area (Å²) in [5.41, 5.74) is 0. The standard InChI is InChI=1S/C10H12S2/c1-8(11)9(2)12-10-6-4-3-5-7-10/h3-7,11H,1-2H3/b9-8-. The molecule has 12 heavy (non-hydrogen) atoms. The second kappa shape index (κ2) is 4.63. The molecule has 0 radical (unpaired) electrons. The first-order chi connectivity index (χ1) is 5.70. The smallest absolute Gasteiger partial charge is 0.0119 e. The van der Waals surface area contributed by atoms with Gasteiger partial charge in [0, 0.05) is 4.90 Å². The molecule has 0 nitrogen and oxygen atoms in total. The molecular weight excluding hydrogens is 184 g/mol. The van der Waals surface area contributed by atoms with Crippen LogP contribution in [0.15, 0.2) is 45.0 Å². The number of thioether (sulfide) groups is 1. The highest BCUT2D eigenvalue weighted by molar-refractivity contribution is 8.03. The largest absolute Gasteiger partial charge is 0.147 e. The predicted octanol–water partition coefficient (Wildman–Crippen LogP) is 3.96. The monoisotopic (exact) mass is 196 g/mol. The van der Waals surface area contributed by atoms with Crippen LogP contribution in [-0.4, -0.2) is 0 Å². The molecule has 0 aliphatic heterocycles. The van der Waals surface area contributed by atoms with Gasteiger partial charge >= 0.3 is 0 Å². The fourth-order valence-corrected chi connectivity index (χ4v) is 1.67. The minimum absolute atomic E-state index is 1.09. The van der Waals surface area contributed by atoms with Crippen LogP contribution in [0, 0.1) is 0 Å². The van der Waals surface area contributed by atoms with Crippen molar-refractivity contribution in [3.8, 4) is 0 Å². The van der Waals surface area contributed by atoms with Crippen molar-refractivity contribution in [3.05, 3.63) is 40.1 Å². The Hall–Kier alpha value is -0.340. The van der Waals surface area contributed by atoms with E-state index < -0.39 is 0 Å². The van der Waals surface area contributed by atoms with Crippen LogP contribution in [0.4, 0.5) is 0 Å². The normalized spacial score (nSPS) is 12.6. The van der Waals surface area contributed by atoms with E-state index in [2.05, 4.69) is 31.7 Å². The third-order valence-electron chi connectivity index (χ3n) is 1.52. The Labute approximate surface area is 83.5 Å². The summed E-state index contributed by atoms with van der Waals surface area (Å²) >= 11 is 6.04. The second-order valence-corrected chi connectivity index (χ2v) is 4.52. The van der Waals surface area contributed by atoms with Crippen molar-refractivity contribution in [3.63, 3.8) is 0 Å². The van der Waals surface area contributed by atoms with Gasteiger partial charge in [0.1, 0.15) is 0 Å². The summed E-state index contributed by atoms with van der Waals surface area (Å²) < 4.78 is 0. The third kappa shape index (κ3) is 2.95. The zero-order valence-corrected chi connectivity index (χ0v) is 8.95. The highest BCUT2D eigenvalue weighted by Gasteiger charge is 1.95. The molecule has 0 amide bonds. The van der Waals surface area contributed by atoms with E-state index in [1.807, 2.05) is 25.1 Å². The fourth-order valence-electron chi connectivity index (χ4n) is 0.739. The molecule has 0 atom stereocenters. The summed E-state index contributed by atoms with van der Waals surface area (Å²) in [4.78, 5) is 3.61. The van der Waals surface area contributed by atoms with Crippen molar-refractivity contribution in [2.24, 2.45) is 0 Å². The van der Waals surface area contributed by atoms with Gasteiger partial charge in [0.2, 0.25) is 0 Å². The molecule has 0 unspecified atom stereocenters. The summed E-state index contributed by atoms with van der Waals surface area (Å²) in [7, 11) is 0. The minimum atomic E-state index is 1.09. The summed E-state index contributed by atoms with van der Waals surface area (Å²) in [6.45, 7) is 4.09. The molecule has 0 bridgehead atoms. The molecular formula is C10H12S2. The van der Waals surface area contributed by atoms with E-state index in [9.17, 15) is 0 Å². The van der Waals surface area contributed by atoms with Crippen LogP contribution in [0.2, 0.25) is 0 Å². The minimum Gasteiger partial charge on any atom is -0.147 e. The Morgan fingerprint density at radius 2 is 1.75 bits per heavy atom. The number of hydrogen-bond donors (Lipinski definition) is 1. The quantitative estimate of drug-likeness (QED) is 0.552. The Kier molecular flexibility index (Phi) is 3.76. The lowest BCUT2D eigenvalue weighted by Gasteiger charge is -2.01. The van der Waals surface area contributed by atoms with Crippen LogP contribution in [0.5, 0.6) is 0 Å². The van der Waals surface area contributed by atoms with Gasteiger partial charge in [-0.3, -0.25) is 0 Å². The van der Waals surface area contributed by atoms with Gasteiger partial charge in [0.15, 0.2) is 0 Å². The van der Waals surface area contributed by atoms with Crippen molar-refractivity contribution in [1.29, 1.82) is 0 Å². The zero-order chi connectivity index (χ0) is 8.97. The maximum atomic E-state index is 4.28. The molecule has 0 saturated heterocycles. The van der Waals surface area contributed by atoms with Gasteiger partial charge in [0.25, 0.3) is 0 Å².